The van der Waals surface area contributed by atoms with Crippen molar-refractivity contribution in [3.8, 4) is 0 Å². The Balaban J connectivity index is 0.00000161. The first-order valence-electron chi connectivity index (χ1n) is 6.74. The van der Waals surface area contributed by atoms with E-state index in [2.05, 4.69) is 27.8 Å². The first kappa shape index (κ1) is 16.0. The zero-order valence-electron chi connectivity index (χ0n) is 11.8. The molecule has 0 saturated heterocycles. The molecule has 21 heavy (non-hydrogen) atoms. The van der Waals surface area contributed by atoms with Crippen molar-refractivity contribution in [1.82, 2.24) is 10.3 Å². The van der Waals surface area contributed by atoms with Gasteiger partial charge >= 0.3 is 0 Å². The van der Waals surface area contributed by atoms with Gasteiger partial charge in [0.1, 0.15) is 5.82 Å². The van der Waals surface area contributed by atoms with Crippen LogP contribution in [0.5, 0.6) is 0 Å². The van der Waals surface area contributed by atoms with Crippen molar-refractivity contribution in [3.05, 3.63) is 57.7 Å². The molecule has 0 spiro atoms. The van der Waals surface area contributed by atoms with E-state index in [0.717, 1.165) is 36.1 Å². The summed E-state index contributed by atoms with van der Waals surface area (Å²) in [4.78, 5) is 4.66. The molecule has 1 aromatic carbocycles. The van der Waals surface area contributed by atoms with Gasteiger partial charge in [-0.05, 0) is 55.1 Å². The lowest BCUT2D eigenvalue weighted by Crippen LogP contribution is -2.16. The van der Waals surface area contributed by atoms with Gasteiger partial charge in [0.05, 0.1) is 0 Å². The maximum absolute atomic E-state index is 13.4. The van der Waals surface area contributed by atoms with Gasteiger partial charge in [0, 0.05) is 28.0 Å². The normalized spacial score (nSPS) is 10.8. The van der Waals surface area contributed by atoms with Crippen LogP contribution in [0.4, 0.5) is 4.39 Å². The number of H-pyrrole nitrogens is 1. The fraction of sp³-hybridized carbons (Fsp3) is 0.250. The lowest BCUT2D eigenvalue weighted by atomic mass is 10.1. The minimum absolute atomic E-state index is 0. The first-order chi connectivity index (χ1) is 9.74. The molecule has 0 saturated carbocycles. The first-order valence-corrected chi connectivity index (χ1v) is 7.62. The highest BCUT2D eigenvalue weighted by Crippen LogP contribution is 2.23. The lowest BCUT2D eigenvalue weighted by Gasteiger charge is -2.04. The summed E-state index contributed by atoms with van der Waals surface area (Å²) in [6, 6.07) is 9.11. The highest BCUT2D eigenvalue weighted by Gasteiger charge is 2.08. The van der Waals surface area contributed by atoms with Crippen LogP contribution in [0.3, 0.4) is 0 Å². The van der Waals surface area contributed by atoms with E-state index in [1.165, 1.54) is 16.5 Å². The average Bonchev–Trinajstić information content (AvgIpc) is 3.03. The summed E-state index contributed by atoms with van der Waals surface area (Å²) in [5.41, 5.74) is 3.35. The maximum atomic E-state index is 13.4. The molecule has 0 aliphatic rings. The van der Waals surface area contributed by atoms with Crippen LogP contribution < -0.4 is 5.32 Å². The molecule has 0 fully saturated rings. The molecule has 0 atom stereocenters. The van der Waals surface area contributed by atoms with E-state index in [0.29, 0.717) is 0 Å². The topological polar surface area (TPSA) is 27.8 Å². The van der Waals surface area contributed by atoms with Crippen LogP contribution in [0.25, 0.3) is 10.9 Å². The molecular formula is C16H18ClFN2S. The third kappa shape index (κ3) is 3.64. The minimum Gasteiger partial charge on any atom is -0.358 e. The molecule has 0 bridgehead atoms. The van der Waals surface area contributed by atoms with Crippen LogP contribution in [0.1, 0.15) is 16.1 Å². The molecule has 2 heterocycles. The van der Waals surface area contributed by atoms with E-state index in [9.17, 15) is 4.39 Å². The van der Waals surface area contributed by atoms with Crippen LogP contribution in [-0.2, 0) is 13.0 Å². The fourth-order valence-electron chi connectivity index (χ4n) is 2.51. The fourth-order valence-corrected chi connectivity index (χ4v) is 3.19. The summed E-state index contributed by atoms with van der Waals surface area (Å²) in [6.45, 7) is 3.84. The summed E-state index contributed by atoms with van der Waals surface area (Å²) in [6.07, 6.45) is 0.903. The van der Waals surface area contributed by atoms with E-state index in [4.69, 9.17) is 0 Å². The van der Waals surface area contributed by atoms with Gasteiger partial charge in [0.25, 0.3) is 0 Å². The molecule has 3 rings (SSSR count). The van der Waals surface area contributed by atoms with Crippen LogP contribution in [0.15, 0.2) is 35.7 Å². The van der Waals surface area contributed by atoms with Crippen LogP contribution in [0, 0.1) is 12.7 Å². The van der Waals surface area contributed by atoms with E-state index in [-0.39, 0.29) is 18.2 Å². The Labute approximate surface area is 133 Å². The molecular weight excluding hydrogens is 307 g/mol. The number of hydrogen-bond acceptors (Lipinski definition) is 2. The number of nitrogens with one attached hydrogen (secondary N) is 2. The Morgan fingerprint density at radius 1 is 1.29 bits per heavy atom. The van der Waals surface area contributed by atoms with Gasteiger partial charge < -0.3 is 10.3 Å². The molecule has 0 unspecified atom stereocenters. The number of halogens is 2. The van der Waals surface area contributed by atoms with E-state index >= 15 is 0 Å². The number of aryl methyl sites for hydroxylation is 1. The molecule has 0 radical (unpaired) electrons. The number of aromatic nitrogens is 1. The van der Waals surface area contributed by atoms with Crippen LogP contribution in [0.2, 0.25) is 0 Å². The second-order valence-electron chi connectivity index (χ2n) is 4.92. The maximum Gasteiger partial charge on any atom is 0.123 e. The summed E-state index contributed by atoms with van der Waals surface area (Å²) in [5, 5.41) is 6.52. The number of benzene rings is 1. The van der Waals surface area contributed by atoms with Crippen molar-refractivity contribution in [1.29, 1.82) is 0 Å². The van der Waals surface area contributed by atoms with Crippen molar-refractivity contribution < 1.29 is 4.39 Å². The van der Waals surface area contributed by atoms with Gasteiger partial charge in [-0.25, -0.2) is 4.39 Å². The van der Waals surface area contributed by atoms with Gasteiger partial charge in [-0.1, -0.05) is 6.07 Å². The van der Waals surface area contributed by atoms with Crippen molar-refractivity contribution in [3.63, 3.8) is 0 Å². The number of fused-ring (bicyclic) bond motifs is 1. The highest BCUT2D eigenvalue weighted by atomic mass is 35.5. The van der Waals surface area contributed by atoms with Crippen molar-refractivity contribution in [2.75, 3.05) is 6.54 Å². The smallest absolute Gasteiger partial charge is 0.123 e. The second kappa shape index (κ2) is 7.07. The third-order valence-corrected chi connectivity index (χ3v) is 4.39. The summed E-state index contributed by atoms with van der Waals surface area (Å²) in [5.74, 6) is -0.177. The predicted octanol–water partition coefficient (Wildman–Crippen LogP) is 4.43. The molecule has 112 valence electrons. The number of hydrogen-bond donors (Lipinski definition) is 2. The largest absolute Gasteiger partial charge is 0.358 e. The Hall–Kier alpha value is -1.36. The van der Waals surface area contributed by atoms with Gasteiger partial charge in [0.2, 0.25) is 0 Å². The van der Waals surface area contributed by atoms with E-state index < -0.39 is 0 Å². The number of thiophene rings is 1. The molecule has 5 heteroatoms. The van der Waals surface area contributed by atoms with Crippen LogP contribution in [-0.4, -0.2) is 11.5 Å². The van der Waals surface area contributed by atoms with Crippen molar-refractivity contribution in [2.24, 2.45) is 0 Å². The number of rotatable bonds is 5. The van der Waals surface area contributed by atoms with E-state index in [1.807, 2.05) is 6.92 Å². The Kier molecular flexibility index (Phi) is 5.39. The van der Waals surface area contributed by atoms with Gasteiger partial charge in [-0.3, -0.25) is 0 Å². The SMILES string of the molecule is Cc1[nH]c2ccc(F)cc2c1CCNCc1cccs1.Cl. The Bertz CT molecular complexity index is 706. The average molecular weight is 325 g/mol. The standard InChI is InChI=1S/C16H17FN2S.ClH/c1-11-14(6-7-18-10-13-3-2-8-20-13)15-9-12(17)4-5-16(15)19-11;/h2-5,8-9,18-19H,6-7,10H2,1H3;1H. The monoisotopic (exact) mass is 324 g/mol. The molecule has 2 nitrogen and oxygen atoms in total. The molecule has 0 aliphatic heterocycles. The summed E-state index contributed by atoms with van der Waals surface area (Å²) < 4.78 is 13.4. The van der Waals surface area contributed by atoms with Crippen LogP contribution >= 0.6 is 23.7 Å². The molecule has 2 N–H and O–H groups in total. The number of aromatic amines is 1. The molecule has 3 aromatic rings. The quantitative estimate of drug-likeness (QED) is 0.668. The summed E-state index contributed by atoms with van der Waals surface area (Å²) in [7, 11) is 0. The van der Waals surface area contributed by atoms with Gasteiger partial charge in [0.15, 0.2) is 0 Å². The summed E-state index contributed by atoms with van der Waals surface area (Å²) >= 11 is 1.76. The van der Waals surface area contributed by atoms with E-state index in [1.54, 1.807) is 23.5 Å². The zero-order valence-corrected chi connectivity index (χ0v) is 13.4. The van der Waals surface area contributed by atoms with Crippen molar-refractivity contribution in [2.45, 2.75) is 19.9 Å². The Morgan fingerprint density at radius 2 is 2.14 bits per heavy atom. The molecule has 2 aromatic heterocycles. The minimum atomic E-state index is -0.177. The van der Waals surface area contributed by atoms with Crippen molar-refractivity contribution >= 4 is 34.6 Å². The molecule has 0 aliphatic carbocycles. The Morgan fingerprint density at radius 3 is 2.90 bits per heavy atom. The molecule has 0 amide bonds. The second-order valence-corrected chi connectivity index (χ2v) is 5.96. The predicted molar refractivity (Wildman–Crippen MR) is 90.0 cm³/mol. The van der Waals surface area contributed by atoms with Gasteiger partial charge in [-0.15, -0.1) is 23.7 Å². The zero-order chi connectivity index (χ0) is 13.9. The van der Waals surface area contributed by atoms with Gasteiger partial charge in [-0.2, -0.15) is 0 Å². The lowest BCUT2D eigenvalue weighted by molar-refractivity contribution is 0.629. The third-order valence-electron chi connectivity index (χ3n) is 3.51. The highest BCUT2D eigenvalue weighted by molar-refractivity contribution is 7.09.